The van der Waals surface area contributed by atoms with Crippen molar-refractivity contribution in [1.82, 2.24) is 9.97 Å². The third-order valence-electron chi connectivity index (χ3n) is 3.03. The Labute approximate surface area is 133 Å². The Kier molecular flexibility index (Phi) is 4.19. The van der Waals surface area contributed by atoms with E-state index in [2.05, 4.69) is 15.3 Å². The number of nitrogens with one attached hydrogen (secondary N) is 1. The summed E-state index contributed by atoms with van der Waals surface area (Å²) in [6.07, 6.45) is -0.924. The van der Waals surface area contributed by atoms with Crippen LogP contribution >= 0.6 is 11.3 Å². The number of anilines is 1. The fraction of sp³-hybridized carbons (Fsp3) is 0.231. The average Bonchev–Trinajstić information content (AvgIpc) is 3.20. The van der Waals surface area contributed by atoms with E-state index in [1.165, 1.54) is 23.5 Å². The maximum absolute atomic E-state index is 10.7. The zero-order valence-electron chi connectivity index (χ0n) is 11.7. The van der Waals surface area contributed by atoms with Crippen molar-refractivity contribution in [2.24, 2.45) is 0 Å². The quantitative estimate of drug-likeness (QED) is 0.456. The van der Waals surface area contributed by atoms with Crippen molar-refractivity contribution in [3.8, 4) is 11.6 Å². The number of aromatic nitrogens is 2. The van der Waals surface area contributed by atoms with E-state index in [1.54, 1.807) is 0 Å². The van der Waals surface area contributed by atoms with Gasteiger partial charge in [0.1, 0.15) is 15.6 Å². The molecule has 0 aromatic carbocycles. The summed E-state index contributed by atoms with van der Waals surface area (Å²) in [7, 11) is 0. The molecule has 9 nitrogen and oxygen atoms in total. The fourth-order valence-electron chi connectivity index (χ4n) is 1.93. The minimum atomic E-state index is -0.924. The second kappa shape index (κ2) is 6.28. The van der Waals surface area contributed by atoms with Crippen LogP contribution in [0.3, 0.4) is 0 Å². The van der Waals surface area contributed by atoms with Crippen LogP contribution in [0.2, 0.25) is 0 Å². The Morgan fingerprint density at radius 1 is 1.39 bits per heavy atom. The SMILES string of the molecule is O=[N+]([O-])c1ccc(-c2nc(NCC(O)CO)c3ccsc3n2)o1. The van der Waals surface area contributed by atoms with Crippen LogP contribution in [0, 0.1) is 10.1 Å². The molecule has 0 saturated heterocycles. The number of nitro groups is 1. The average molecular weight is 336 g/mol. The summed E-state index contributed by atoms with van der Waals surface area (Å²) in [6.45, 7) is -0.266. The molecule has 3 aromatic rings. The van der Waals surface area contributed by atoms with Gasteiger partial charge in [-0.25, -0.2) is 9.97 Å². The Morgan fingerprint density at radius 2 is 2.22 bits per heavy atom. The number of thiophene rings is 1. The minimum absolute atomic E-state index is 0.107. The van der Waals surface area contributed by atoms with Gasteiger partial charge in [0.15, 0.2) is 11.6 Å². The molecule has 1 unspecified atom stereocenters. The van der Waals surface area contributed by atoms with Crippen molar-refractivity contribution >= 4 is 33.3 Å². The van der Waals surface area contributed by atoms with Gasteiger partial charge in [-0.2, -0.15) is 0 Å². The fourth-order valence-corrected chi connectivity index (χ4v) is 2.69. The lowest BCUT2D eigenvalue weighted by molar-refractivity contribution is -0.401. The summed E-state index contributed by atoms with van der Waals surface area (Å²) in [6, 6.07) is 4.49. The molecule has 3 aromatic heterocycles. The second-order valence-electron chi connectivity index (χ2n) is 4.65. The van der Waals surface area contributed by atoms with E-state index in [9.17, 15) is 15.2 Å². The number of hydrogen-bond donors (Lipinski definition) is 3. The first-order valence-electron chi connectivity index (χ1n) is 6.61. The molecule has 1 atom stereocenters. The van der Waals surface area contributed by atoms with Crippen LogP contribution in [0.4, 0.5) is 11.7 Å². The van der Waals surface area contributed by atoms with Crippen LogP contribution in [0.5, 0.6) is 0 Å². The van der Waals surface area contributed by atoms with Crippen LogP contribution in [0.15, 0.2) is 28.0 Å². The molecular formula is C13H12N4O5S. The Morgan fingerprint density at radius 3 is 2.91 bits per heavy atom. The van der Waals surface area contributed by atoms with Crippen molar-refractivity contribution in [3.05, 3.63) is 33.7 Å². The predicted molar refractivity (Wildman–Crippen MR) is 83.4 cm³/mol. The number of fused-ring (bicyclic) bond motifs is 1. The third-order valence-corrected chi connectivity index (χ3v) is 3.84. The van der Waals surface area contributed by atoms with Crippen molar-refractivity contribution in [1.29, 1.82) is 0 Å². The van der Waals surface area contributed by atoms with Crippen LogP contribution in [-0.2, 0) is 0 Å². The number of rotatable bonds is 6. The maximum Gasteiger partial charge on any atom is 0.433 e. The molecule has 0 fully saturated rings. The Balaban J connectivity index is 1.98. The van der Waals surface area contributed by atoms with Gasteiger partial charge in [-0.05, 0) is 17.5 Å². The van der Waals surface area contributed by atoms with E-state index in [1.807, 2.05) is 11.4 Å². The highest BCUT2D eigenvalue weighted by atomic mass is 32.1. The lowest BCUT2D eigenvalue weighted by atomic mass is 10.3. The number of aliphatic hydroxyl groups is 2. The summed E-state index contributed by atoms with van der Waals surface area (Å²) < 4.78 is 5.12. The molecule has 0 bridgehead atoms. The largest absolute Gasteiger partial charge is 0.433 e. The van der Waals surface area contributed by atoms with Crippen molar-refractivity contribution in [2.45, 2.75) is 6.10 Å². The molecule has 0 saturated carbocycles. The molecule has 0 amide bonds. The summed E-state index contributed by atoms with van der Waals surface area (Å²) in [4.78, 5) is 19.4. The molecule has 3 heterocycles. The van der Waals surface area contributed by atoms with Gasteiger partial charge >= 0.3 is 5.88 Å². The number of nitrogens with zero attached hydrogens (tertiary/aromatic N) is 3. The van der Waals surface area contributed by atoms with E-state index < -0.39 is 11.0 Å². The molecule has 0 radical (unpaired) electrons. The van der Waals surface area contributed by atoms with Crippen molar-refractivity contribution in [3.63, 3.8) is 0 Å². The Hall–Kier alpha value is -2.56. The molecule has 0 aliphatic rings. The van der Waals surface area contributed by atoms with Crippen molar-refractivity contribution in [2.75, 3.05) is 18.5 Å². The van der Waals surface area contributed by atoms with E-state index in [0.29, 0.717) is 10.6 Å². The first kappa shape index (κ1) is 15.3. The van der Waals surface area contributed by atoms with Gasteiger partial charge in [-0.15, -0.1) is 11.3 Å². The smallest absolute Gasteiger partial charge is 0.397 e. The molecule has 3 N–H and O–H groups in total. The molecule has 0 aliphatic heterocycles. The van der Waals surface area contributed by atoms with Crippen LogP contribution < -0.4 is 5.32 Å². The van der Waals surface area contributed by atoms with Gasteiger partial charge in [0.2, 0.25) is 0 Å². The van der Waals surface area contributed by atoms with Gasteiger partial charge in [-0.3, -0.25) is 10.1 Å². The first-order chi connectivity index (χ1) is 11.1. The summed E-state index contributed by atoms with van der Waals surface area (Å²) in [5, 5.41) is 34.5. The van der Waals surface area contributed by atoms with Gasteiger partial charge < -0.3 is 19.9 Å². The van der Waals surface area contributed by atoms with Gasteiger partial charge in [0.25, 0.3) is 0 Å². The number of aliphatic hydroxyl groups excluding tert-OH is 2. The highest BCUT2D eigenvalue weighted by molar-refractivity contribution is 7.16. The van der Waals surface area contributed by atoms with Gasteiger partial charge in [-0.1, -0.05) is 0 Å². The highest BCUT2D eigenvalue weighted by Gasteiger charge is 2.17. The molecule has 23 heavy (non-hydrogen) atoms. The van der Waals surface area contributed by atoms with E-state index in [4.69, 9.17) is 9.52 Å². The van der Waals surface area contributed by atoms with Crippen LogP contribution in [0.1, 0.15) is 0 Å². The lowest BCUT2D eigenvalue weighted by Crippen LogP contribution is -2.23. The monoisotopic (exact) mass is 336 g/mol. The molecule has 120 valence electrons. The molecule has 3 rings (SSSR count). The summed E-state index contributed by atoms with van der Waals surface area (Å²) in [5.74, 6) is 0.449. The normalized spacial score (nSPS) is 12.4. The lowest BCUT2D eigenvalue weighted by Gasteiger charge is -2.10. The summed E-state index contributed by atoms with van der Waals surface area (Å²) in [5.41, 5.74) is 0. The zero-order valence-corrected chi connectivity index (χ0v) is 12.5. The highest BCUT2D eigenvalue weighted by Crippen LogP contribution is 2.30. The topological polar surface area (TPSA) is 135 Å². The molecular weight excluding hydrogens is 324 g/mol. The first-order valence-corrected chi connectivity index (χ1v) is 7.49. The standard InChI is InChI=1S/C13H12N4O5S/c18-6-7(19)5-14-11-8-3-4-23-13(8)16-12(15-11)9-1-2-10(22-9)17(20)21/h1-4,7,18-19H,5-6H2,(H,14,15,16). The van der Waals surface area contributed by atoms with E-state index >= 15 is 0 Å². The summed E-state index contributed by atoms with van der Waals surface area (Å²) >= 11 is 1.38. The van der Waals surface area contributed by atoms with Crippen LogP contribution in [0.25, 0.3) is 21.8 Å². The minimum Gasteiger partial charge on any atom is -0.397 e. The zero-order chi connectivity index (χ0) is 16.4. The molecule has 0 spiro atoms. The molecule has 10 heteroatoms. The molecule has 0 aliphatic carbocycles. The van der Waals surface area contributed by atoms with E-state index in [0.717, 1.165) is 5.39 Å². The van der Waals surface area contributed by atoms with Crippen molar-refractivity contribution < 1.29 is 19.6 Å². The number of hydrogen-bond acceptors (Lipinski definition) is 9. The third kappa shape index (κ3) is 3.13. The van der Waals surface area contributed by atoms with Gasteiger partial charge in [0, 0.05) is 6.54 Å². The predicted octanol–water partition coefficient (Wildman–Crippen LogP) is 1.62. The maximum atomic E-state index is 10.7. The van der Waals surface area contributed by atoms with Gasteiger partial charge in [0.05, 0.1) is 24.2 Å². The van der Waals surface area contributed by atoms with E-state index in [-0.39, 0.29) is 30.6 Å². The second-order valence-corrected chi connectivity index (χ2v) is 5.54. The van der Waals surface area contributed by atoms with Crippen LogP contribution in [-0.4, -0.2) is 44.4 Å². The number of furan rings is 1. The Bertz CT molecular complexity index is 846.